The van der Waals surface area contributed by atoms with Crippen LogP contribution in [0.3, 0.4) is 0 Å². The first-order valence-corrected chi connectivity index (χ1v) is 6.60. The molecule has 2 atom stereocenters. The minimum atomic E-state index is 0.230. The van der Waals surface area contributed by atoms with Crippen molar-refractivity contribution in [2.24, 2.45) is 10.4 Å². The van der Waals surface area contributed by atoms with Gasteiger partial charge in [0.25, 0.3) is 11.8 Å². The van der Waals surface area contributed by atoms with Gasteiger partial charge in [0.05, 0.1) is 26.0 Å². The van der Waals surface area contributed by atoms with Crippen LogP contribution < -0.4 is 9.47 Å². The Labute approximate surface area is 113 Å². The standard InChI is InChI=1S/C14H19N3O2/c1-14(2)6-5-8-10-9(7-15-11(8)14)16-12(18-3)13(17-10)19-4/h7-8,11H,5-6H2,1-4H3. The van der Waals surface area contributed by atoms with Crippen molar-refractivity contribution in [2.45, 2.75) is 38.6 Å². The summed E-state index contributed by atoms with van der Waals surface area (Å²) in [7, 11) is 3.16. The molecule has 2 aliphatic rings. The van der Waals surface area contributed by atoms with Crippen molar-refractivity contribution in [1.29, 1.82) is 0 Å². The number of aromatic nitrogens is 2. The largest absolute Gasteiger partial charge is 0.477 e. The normalized spacial score (nSPS) is 26.7. The molecule has 1 aromatic rings. The molecule has 3 rings (SSSR count). The van der Waals surface area contributed by atoms with E-state index < -0.39 is 0 Å². The number of nitrogens with zero attached hydrogens (tertiary/aromatic N) is 3. The first-order chi connectivity index (χ1) is 9.06. The average Bonchev–Trinajstić information content (AvgIpc) is 2.73. The fraction of sp³-hybridized carbons (Fsp3) is 0.643. The number of hydrogen-bond donors (Lipinski definition) is 0. The maximum Gasteiger partial charge on any atom is 0.278 e. The van der Waals surface area contributed by atoms with Crippen molar-refractivity contribution < 1.29 is 9.47 Å². The smallest absolute Gasteiger partial charge is 0.278 e. The van der Waals surface area contributed by atoms with E-state index in [1.165, 1.54) is 0 Å². The van der Waals surface area contributed by atoms with E-state index in [0.717, 1.165) is 24.2 Å². The maximum atomic E-state index is 5.26. The third-order valence-electron chi connectivity index (χ3n) is 4.27. The van der Waals surface area contributed by atoms with Gasteiger partial charge in [-0.25, -0.2) is 9.97 Å². The zero-order valence-electron chi connectivity index (χ0n) is 11.8. The van der Waals surface area contributed by atoms with Gasteiger partial charge in [-0.05, 0) is 18.3 Å². The molecule has 1 aliphatic carbocycles. The quantitative estimate of drug-likeness (QED) is 0.819. The van der Waals surface area contributed by atoms with Crippen LogP contribution in [0.4, 0.5) is 0 Å². The van der Waals surface area contributed by atoms with Crippen LogP contribution in [0.15, 0.2) is 4.99 Å². The first kappa shape index (κ1) is 12.4. The number of ether oxygens (including phenoxy) is 2. The summed E-state index contributed by atoms with van der Waals surface area (Å²) in [5.74, 6) is 1.23. The number of hydrogen-bond acceptors (Lipinski definition) is 5. The highest BCUT2D eigenvalue weighted by atomic mass is 16.5. The highest BCUT2D eigenvalue weighted by Gasteiger charge is 2.45. The summed E-state index contributed by atoms with van der Waals surface area (Å²) in [6, 6.07) is 0.299. The van der Waals surface area contributed by atoms with Crippen LogP contribution in [0.5, 0.6) is 11.8 Å². The molecule has 0 radical (unpaired) electrons. The lowest BCUT2D eigenvalue weighted by Crippen LogP contribution is -2.29. The second-order valence-corrected chi connectivity index (χ2v) is 5.87. The molecule has 2 heterocycles. The van der Waals surface area contributed by atoms with E-state index in [0.29, 0.717) is 23.7 Å². The lowest BCUT2D eigenvalue weighted by molar-refractivity contribution is 0.313. The van der Waals surface area contributed by atoms with Gasteiger partial charge in [-0.3, -0.25) is 4.99 Å². The lowest BCUT2D eigenvalue weighted by atomic mass is 9.83. The molecule has 102 valence electrons. The third kappa shape index (κ3) is 1.79. The predicted molar refractivity (Wildman–Crippen MR) is 72.3 cm³/mol. The Morgan fingerprint density at radius 3 is 2.53 bits per heavy atom. The maximum absolute atomic E-state index is 5.26. The Morgan fingerprint density at radius 1 is 1.16 bits per heavy atom. The molecule has 0 bridgehead atoms. The van der Waals surface area contributed by atoms with Crippen molar-refractivity contribution >= 4 is 6.21 Å². The van der Waals surface area contributed by atoms with Crippen LogP contribution in [0.2, 0.25) is 0 Å². The second kappa shape index (κ2) is 4.18. The van der Waals surface area contributed by atoms with Crippen LogP contribution in [0, 0.1) is 5.41 Å². The number of fused-ring (bicyclic) bond motifs is 3. The van der Waals surface area contributed by atoms with Gasteiger partial charge in [-0.15, -0.1) is 0 Å². The second-order valence-electron chi connectivity index (χ2n) is 5.87. The molecule has 19 heavy (non-hydrogen) atoms. The summed E-state index contributed by atoms with van der Waals surface area (Å²) in [4.78, 5) is 13.8. The molecule has 0 spiro atoms. The van der Waals surface area contributed by atoms with E-state index in [1.807, 2.05) is 6.21 Å². The molecular weight excluding hydrogens is 242 g/mol. The number of rotatable bonds is 2. The third-order valence-corrected chi connectivity index (χ3v) is 4.27. The molecule has 2 unspecified atom stereocenters. The molecule has 0 aromatic carbocycles. The van der Waals surface area contributed by atoms with Gasteiger partial charge < -0.3 is 9.47 Å². The van der Waals surface area contributed by atoms with E-state index in [4.69, 9.17) is 14.5 Å². The highest BCUT2D eigenvalue weighted by Crippen LogP contribution is 2.50. The fourth-order valence-electron chi connectivity index (χ4n) is 3.18. The molecule has 0 saturated heterocycles. The van der Waals surface area contributed by atoms with Crippen LogP contribution in [0.25, 0.3) is 0 Å². The molecule has 1 fully saturated rings. The van der Waals surface area contributed by atoms with Crippen LogP contribution in [-0.2, 0) is 0 Å². The molecule has 1 saturated carbocycles. The average molecular weight is 261 g/mol. The van der Waals surface area contributed by atoms with E-state index in [1.54, 1.807) is 14.2 Å². The summed E-state index contributed by atoms with van der Waals surface area (Å²) in [5, 5.41) is 0. The molecule has 1 aliphatic heterocycles. The Hall–Kier alpha value is -1.65. The number of aliphatic imine (C=N–C) groups is 1. The minimum absolute atomic E-state index is 0.230. The van der Waals surface area contributed by atoms with Gasteiger partial charge in [-0.2, -0.15) is 0 Å². The van der Waals surface area contributed by atoms with Crippen molar-refractivity contribution in [3.8, 4) is 11.8 Å². The molecular formula is C14H19N3O2. The van der Waals surface area contributed by atoms with Gasteiger partial charge >= 0.3 is 0 Å². The van der Waals surface area contributed by atoms with E-state index in [2.05, 4.69) is 23.8 Å². The Balaban J connectivity index is 2.09. The molecule has 5 nitrogen and oxygen atoms in total. The molecule has 0 N–H and O–H groups in total. The van der Waals surface area contributed by atoms with E-state index in [-0.39, 0.29) is 5.41 Å². The topological polar surface area (TPSA) is 56.6 Å². The van der Waals surface area contributed by atoms with Crippen molar-refractivity contribution in [2.75, 3.05) is 14.2 Å². The summed E-state index contributed by atoms with van der Waals surface area (Å²) in [5.41, 5.74) is 2.05. The summed E-state index contributed by atoms with van der Waals surface area (Å²) < 4.78 is 10.5. The van der Waals surface area contributed by atoms with Gasteiger partial charge in [-0.1, -0.05) is 13.8 Å². The molecule has 0 amide bonds. The van der Waals surface area contributed by atoms with Gasteiger partial charge in [0, 0.05) is 12.1 Å². The highest BCUT2D eigenvalue weighted by molar-refractivity contribution is 5.81. The van der Waals surface area contributed by atoms with E-state index >= 15 is 0 Å². The Kier molecular flexibility index (Phi) is 2.73. The first-order valence-electron chi connectivity index (χ1n) is 6.60. The van der Waals surface area contributed by atoms with Gasteiger partial charge in [0.1, 0.15) is 5.69 Å². The van der Waals surface area contributed by atoms with Crippen LogP contribution >= 0.6 is 0 Å². The van der Waals surface area contributed by atoms with Gasteiger partial charge in [0.15, 0.2) is 0 Å². The fourth-order valence-corrected chi connectivity index (χ4v) is 3.18. The monoisotopic (exact) mass is 261 g/mol. The summed E-state index contributed by atoms with van der Waals surface area (Å²) >= 11 is 0. The molecule has 5 heteroatoms. The van der Waals surface area contributed by atoms with Gasteiger partial charge in [0.2, 0.25) is 0 Å². The summed E-state index contributed by atoms with van der Waals surface area (Å²) in [6.45, 7) is 4.54. The zero-order chi connectivity index (χ0) is 13.6. The molecule has 1 aromatic heterocycles. The summed E-state index contributed by atoms with van der Waals surface area (Å²) in [6.07, 6.45) is 4.10. The van der Waals surface area contributed by atoms with Crippen molar-refractivity contribution in [1.82, 2.24) is 9.97 Å². The SMILES string of the molecule is COc1nc2c(nc1OC)C1CCC(C)(C)C1N=C2. The zero-order valence-corrected chi connectivity index (χ0v) is 11.8. The lowest BCUT2D eigenvalue weighted by Gasteiger charge is -2.30. The number of methoxy groups -OCH3 is 2. The van der Waals surface area contributed by atoms with Crippen molar-refractivity contribution in [3.05, 3.63) is 11.4 Å². The van der Waals surface area contributed by atoms with Crippen molar-refractivity contribution in [3.63, 3.8) is 0 Å². The minimum Gasteiger partial charge on any atom is -0.477 e. The predicted octanol–water partition coefficient (Wildman–Crippen LogP) is 2.20. The van der Waals surface area contributed by atoms with E-state index in [9.17, 15) is 0 Å². The Bertz CT molecular complexity index is 540. The van der Waals surface area contributed by atoms with Crippen LogP contribution in [0.1, 0.15) is 44.0 Å². The Morgan fingerprint density at radius 2 is 1.84 bits per heavy atom. The van der Waals surface area contributed by atoms with Crippen LogP contribution in [-0.4, -0.2) is 36.4 Å².